The number of benzene rings is 1. The maximum Gasteiger partial charge on any atom is 0.238 e. The van der Waals surface area contributed by atoms with Gasteiger partial charge < -0.3 is 15.8 Å². The number of likely N-dealkylation sites (tertiary alicyclic amines) is 1. The number of carbonyl (C=O) groups is 1. The van der Waals surface area contributed by atoms with Gasteiger partial charge in [0.15, 0.2) is 0 Å². The van der Waals surface area contributed by atoms with Gasteiger partial charge in [0.2, 0.25) is 5.91 Å². The van der Waals surface area contributed by atoms with Gasteiger partial charge in [0.25, 0.3) is 0 Å². The Bertz CT molecular complexity index is 454. The van der Waals surface area contributed by atoms with Crippen molar-refractivity contribution in [3.63, 3.8) is 0 Å². The molecule has 3 N–H and O–H groups in total. The van der Waals surface area contributed by atoms with Crippen molar-refractivity contribution in [3.05, 3.63) is 18.2 Å². The minimum Gasteiger partial charge on any atom is -0.495 e. The molecule has 0 unspecified atom stereocenters. The third-order valence-electron chi connectivity index (χ3n) is 3.56. The van der Waals surface area contributed by atoms with Gasteiger partial charge in [0, 0.05) is 5.69 Å². The minimum absolute atomic E-state index is 0.0178. The highest BCUT2D eigenvalue weighted by Crippen LogP contribution is 2.26. The van der Waals surface area contributed by atoms with Gasteiger partial charge in [0.05, 0.1) is 19.3 Å². The summed E-state index contributed by atoms with van der Waals surface area (Å²) in [5.74, 6) is 0.610. The van der Waals surface area contributed by atoms with E-state index in [-0.39, 0.29) is 5.91 Å². The van der Waals surface area contributed by atoms with E-state index >= 15 is 0 Å². The molecule has 0 aliphatic carbocycles. The highest BCUT2D eigenvalue weighted by molar-refractivity contribution is 5.94. The van der Waals surface area contributed by atoms with Crippen LogP contribution < -0.4 is 15.8 Å². The van der Waals surface area contributed by atoms with E-state index in [0.29, 0.717) is 23.7 Å². The first kappa shape index (κ1) is 14.7. The lowest BCUT2D eigenvalue weighted by molar-refractivity contribution is -0.117. The summed E-state index contributed by atoms with van der Waals surface area (Å²) in [6, 6.07) is 5.24. The van der Waals surface area contributed by atoms with Crippen LogP contribution in [0.5, 0.6) is 5.75 Å². The van der Waals surface area contributed by atoms with Gasteiger partial charge in [-0.3, -0.25) is 9.69 Å². The minimum atomic E-state index is -0.0178. The highest BCUT2D eigenvalue weighted by atomic mass is 16.5. The zero-order valence-corrected chi connectivity index (χ0v) is 12.0. The first-order chi connectivity index (χ1) is 9.69. The van der Waals surface area contributed by atoms with Crippen LogP contribution in [0.1, 0.15) is 25.7 Å². The Hall–Kier alpha value is -1.75. The lowest BCUT2D eigenvalue weighted by atomic mass is 10.2. The number of ether oxygens (including phenoxy) is 1. The third-order valence-corrected chi connectivity index (χ3v) is 3.56. The van der Waals surface area contributed by atoms with Crippen LogP contribution in [0.25, 0.3) is 0 Å². The zero-order chi connectivity index (χ0) is 14.4. The number of rotatable bonds is 4. The topological polar surface area (TPSA) is 67.6 Å². The van der Waals surface area contributed by atoms with Crippen molar-refractivity contribution in [2.24, 2.45) is 0 Å². The molecule has 1 amide bonds. The fraction of sp³-hybridized carbons (Fsp3) is 0.533. The molecule has 2 rings (SSSR count). The zero-order valence-electron chi connectivity index (χ0n) is 12.0. The van der Waals surface area contributed by atoms with Crippen molar-refractivity contribution in [2.45, 2.75) is 25.7 Å². The largest absolute Gasteiger partial charge is 0.495 e. The molecule has 1 aliphatic rings. The molecule has 1 aromatic carbocycles. The highest BCUT2D eigenvalue weighted by Gasteiger charge is 2.14. The Balaban J connectivity index is 1.95. The number of nitrogens with two attached hydrogens (primary N) is 1. The van der Waals surface area contributed by atoms with Crippen molar-refractivity contribution < 1.29 is 9.53 Å². The second-order valence-corrected chi connectivity index (χ2v) is 5.20. The predicted molar refractivity (Wildman–Crippen MR) is 80.9 cm³/mol. The van der Waals surface area contributed by atoms with E-state index in [1.54, 1.807) is 25.3 Å². The summed E-state index contributed by atoms with van der Waals surface area (Å²) in [5, 5.41) is 2.88. The van der Waals surface area contributed by atoms with Crippen LogP contribution in [-0.2, 0) is 4.79 Å². The van der Waals surface area contributed by atoms with Gasteiger partial charge >= 0.3 is 0 Å². The summed E-state index contributed by atoms with van der Waals surface area (Å²) in [5.41, 5.74) is 6.98. The van der Waals surface area contributed by atoms with Crippen LogP contribution >= 0.6 is 0 Å². The second-order valence-electron chi connectivity index (χ2n) is 5.20. The lowest BCUT2D eigenvalue weighted by Gasteiger charge is -2.19. The molecule has 1 saturated heterocycles. The fourth-order valence-electron chi connectivity index (χ4n) is 2.51. The van der Waals surface area contributed by atoms with E-state index in [9.17, 15) is 4.79 Å². The summed E-state index contributed by atoms with van der Waals surface area (Å²) in [7, 11) is 1.58. The maximum atomic E-state index is 12.1. The van der Waals surface area contributed by atoms with Gasteiger partial charge in [-0.25, -0.2) is 0 Å². The normalized spacial score (nSPS) is 16.4. The molecule has 110 valence electrons. The van der Waals surface area contributed by atoms with Crippen molar-refractivity contribution in [1.29, 1.82) is 0 Å². The number of nitrogen functional groups attached to an aromatic ring is 1. The summed E-state index contributed by atoms with van der Waals surface area (Å²) in [6.45, 7) is 2.43. The van der Waals surface area contributed by atoms with E-state index < -0.39 is 0 Å². The van der Waals surface area contributed by atoms with Crippen LogP contribution in [0.15, 0.2) is 18.2 Å². The van der Waals surface area contributed by atoms with E-state index in [0.717, 1.165) is 13.1 Å². The van der Waals surface area contributed by atoms with Crippen molar-refractivity contribution >= 4 is 17.3 Å². The second kappa shape index (κ2) is 7.14. The van der Waals surface area contributed by atoms with Crippen LogP contribution in [-0.4, -0.2) is 37.6 Å². The SMILES string of the molecule is COc1ccc(N)cc1NC(=O)CN1CCCCCC1. The van der Waals surface area contributed by atoms with Crippen LogP contribution in [0.3, 0.4) is 0 Å². The molecule has 1 heterocycles. The molecule has 0 bridgehead atoms. The summed E-state index contributed by atoms with van der Waals surface area (Å²) in [6.07, 6.45) is 4.88. The molecule has 1 fully saturated rings. The predicted octanol–water partition coefficient (Wildman–Crippen LogP) is 2.09. The molecule has 0 aromatic heterocycles. The van der Waals surface area contributed by atoms with Gasteiger partial charge in [-0.15, -0.1) is 0 Å². The Kier molecular flexibility index (Phi) is 5.24. The molecule has 0 radical (unpaired) electrons. The number of carbonyl (C=O) groups excluding carboxylic acids is 1. The average Bonchev–Trinajstić information content (AvgIpc) is 2.67. The summed E-state index contributed by atoms with van der Waals surface area (Å²) >= 11 is 0. The molecule has 0 atom stereocenters. The Morgan fingerprint density at radius 2 is 2.00 bits per heavy atom. The van der Waals surface area contributed by atoms with Gasteiger partial charge in [-0.05, 0) is 44.1 Å². The van der Waals surface area contributed by atoms with Gasteiger partial charge in [-0.2, -0.15) is 0 Å². The average molecular weight is 277 g/mol. The van der Waals surface area contributed by atoms with E-state index in [4.69, 9.17) is 10.5 Å². The molecule has 20 heavy (non-hydrogen) atoms. The summed E-state index contributed by atoms with van der Waals surface area (Å²) in [4.78, 5) is 14.3. The quantitative estimate of drug-likeness (QED) is 0.827. The van der Waals surface area contributed by atoms with E-state index in [2.05, 4.69) is 10.2 Å². The van der Waals surface area contributed by atoms with Crippen molar-refractivity contribution in [1.82, 2.24) is 4.90 Å². The number of hydrogen-bond donors (Lipinski definition) is 2. The first-order valence-electron chi connectivity index (χ1n) is 7.15. The summed E-state index contributed by atoms with van der Waals surface area (Å²) < 4.78 is 5.23. The fourth-order valence-corrected chi connectivity index (χ4v) is 2.51. The number of anilines is 2. The number of methoxy groups -OCH3 is 1. The molecule has 1 aromatic rings. The number of hydrogen-bond acceptors (Lipinski definition) is 4. The molecule has 5 heteroatoms. The van der Waals surface area contributed by atoms with Crippen LogP contribution in [0, 0.1) is 0 Å². The van der Waals surface area contributed by atoms with Crippen LogP contribution in [0.4, 0.5) is 11.4 Å². The molecule has 0 spiro atoms. The third kappa shape index (κ3) is 4.13. The van der Waals surface area contributed by atoms with E-state index in [1.165, 1.54) is 25.7 Å². The maximum absolute atomic E-state index is 12.1. The van der Waals surface area contributed by atoms with Gasteiger partial charge in [-0.1, -0.05) is 12.8 Å². The smallest absolute Gasteiger partial charge is 0.238 e. The van der Waals surface area contributed by atoms with Crippen molar-refractivity contribution in [2.75, 3.05) is 37.8 Å². The van der Waals surface area contributed by atoms with Crippen LogP contribution in [0.2, 0.25) is 0 Å². The lowest BCUT2D eigenvalue weighted by Crippen LogP contribution is -2.34. The number of nitrogens with one attached hydrogen (secondary N) is 1. The standard InChI is InChI=1S/C15H23N3O2/c1-20-14-7-6-12(16)10-13(14)17-15(19)11-18-8-4-2-3-5-9-18/h6-7,10H,2-5,8-9,11,16H2,1H3,(H,17,19). The van der Waals surface area contributed by atoms with E-state index in [1.807, 2.05) is 0 Å². The molecular weight excluding hydrogens is 254 g/mol. The Morgan fingerprint density at radius 3 is 2.65 bits per heavy atom. The number of nitrogens with zero attached hydrogens (tertiary/aromatic N) is 1. The molecular formula is C15H23N3O2. The molecule has 0 saturated carbocycles. The Labute approximate surface area is 120 Å². The van der Waals surface area contributed by atoms with Crippen molar-refractivity contribution in [3.8, 4) is 5.75 Å². The first-order valence-corrected chi connectivity index (χ1v) is 7.15. The number of amides is 1. The monoisotopic (exact) mass is 277 g/mol. The van der Waals surface area contributed by atoms with Gasteiger partial charge in [0.1, 0.15) is 5.75 Å². The molecule has 5 nitrogen and oxygen atoms in total. The molecule has 1 aliphatic heterocycles. The Morgan fingerprint density at radius 1 is 1.30 bits per heavy atom.